The van der Waals surface area contributed by atoms with Gasteiger partial charge in [0.15, 0.2) is 0 Å². The summed E-state index contributed by atoms with van der Waals surface area (Å²) in [6.45, 7) is 4.25. The van der Waals surface area contributed by atoms with Crippen LogP contribution in [-0.2, 0) is 6.18 Å². The van der Waals surface area contributed by atoms with Gasteiger partial charge in [0, 0.05) is 11.9 Å². The van der Waals surface area contributed by atoms with Crippen LogP contribution in [0.4, 0.5) is 24.5 Å². The second-order valence-electron chi connectivity index (χ2n) is 10.9. The molecule has 0 spiro atoms. The number of aromatic nitrogens is 3. The lowest BCUT2D eigenvalue weighted by atomic mass is 9.88. The highest BCUT2D eigenvalue weighted by molar-refractivity contribution is 5.71. The van der Waals surface area contributed by atoms with Crippen molar-refractivity contribution in [1.29, 1.82) is 0 Å². The highest BCUT2D eigenvalue weighted by atomic mass is 19.4. The molecule has 0 radical (unpaired) electrons. The zero-order valence-electron chi connectivity index (χ0n) is 22.7. The summed E-state index contributed by atoms with van der Waals surface area (Å²) in [7, 11) is 0. The van der Waals surface area contributed by atoms with Crippen molar-refractivity contribution in [3.63, 3.8) is 0 Å². The molecular formula is C32H32F3N5. The smallest absolute Gasteiger partial charge is 0.352 e. The summed E-state index contributed by atoms with van der Waals surface area (Å²) in [5.74, 6) is 0.711. The zero-order chi connectivity index (χ0) is 27.9. The molecule has 0 bridgehead atoms. The van der Waals surface area contributed by atoms with Crippen molar-refractivity contribution >= 4 is 23.5 Å². The normalized spacial score (nSPS) is 19.6. The molecule has 0 unspecified atom stereocenters. The Balaban J connectivity index is 1.59. The monoisotopic (exact) mass is 543 g/mol. The van der Waals surface area contributed by atoms with E-state index in [9.17, 15) is 13.2 Å². The summed E-state index contributed by atoms with van der Waals surface area (Å²) in [5.41, 5.74) is 4.15. The molecule has 0 saturated heterocycles. The number of anilines is 2. The first-order chi connectivity index (χ1) is 19.3. The van der Waals surface area contributed by atoms with Crippen molar-refractivity contribution in [3.8, 4) is 17.1 Å². The third kappa shape index (κ3) is 5.27. The molecule has 1 aromatic carbocycles. The number of rotatable bonds is 4. The van der Waals surface area contributed by atoms with Crippen molar-refractivity contribution in [1.82, 2.24) is 14.5 Å². The summed E-state index contributed by atoms with van der Waals surface area (Å²) < 4.78 is 42.1. The maximum atomic E-state index is 13.3. The summed E-state index contributed by atoms with van der Waals surface area (Å²) >= 11 is 0. The molecular weight excluding hydrogens is 511 g/mol. The topological polar surface area (TPSA) is 55.1 Å². The van der Waals surface area contributed by atoms with E-state index in [1.54, 1.807) is 6.20 Å². The van der Waals surface area contributed by atoms with Gasteiger partial charge in [-0.3, -0.25) is 9.98 Å². The van der Waals surface area contributed by atoms with Gasteiger partial charge in [0.2, 0.25) is 0 Å². The Bertz CT molecular complexity index is 1690. The van der Waals surface area contributed by atoms with Gasteiger partial charge < -0.3 is 9.88 Å². The number of alkyl halides is 3. The number of fused-ring (bicyclic) bond motifs is 2. The first-order valence-electron chi connectivity index (χ1n) is 13.9. The van der Waals surface area contributed by atoms with Gasteiger partial charge in [-0.05, 0) is 99.9 Å². The number of nitrogens with one attached hydrogen (secondary N) is 1. The Hall–Kier alpha value is -3.94. The van der Waals surface area contributed by atoms with Gasteiger partial charge in [0.05, 0.1) is 56.1 Å². The Morgan fingerprint density at radius 2 is 1.70 bits per heavy atom. The van der Waals surface area contributed by atoms with Crippen LogP contribution in [0.3, 0.4) is 0 Å². The van der Waals surface area contributed by atoms with Crippen LogP contribution in [0, 0.1) is 12.8 Å². The van der Waals surface area contributed by atoms with Gasteiger partial charge in [-0.15, -0.1) is 0 Å². The standard InChI is InChI=1S/C32H32F3N5/c1-20-9-13-23(14-10-20)37-28-19-31-29(18-27(28)38-25-7-5-17-36-21(25)2)39-26-6-3-4-8-30(26)40(31)24-15-11-22(12-16-24)32(33,34)35/h5-8,11-12,15-20,23,38H,3-4,9-10,13-14H2,1-2H3. The van der Waals surface area contributed by atoms with Gasteiger partial charge in [-0.25, -0.2) is 4.98 Å². The van der Waals surface area contributed by atoms with Crippen LogP contribution < -0.4 is 21.4 Å². The van der Waals surface area contributed by atoms with Crippen LogP contribution >= 0.6 is 0 Å². The molecule has 206 valence electrons. The molecule has 1 saturated carbocycles. The van der Waals surface area contributed by atoms with Crippen LogP contribution in [0.25, 0.3) is 29.2 Å². The molecule has 5 nitrogen and oxygen atoms in total. The Morgan fingerprint density at radius 3 is 2.42 bits per heavy atom. The Kier molecular flexibility index (Phi) is 6.94. The number of hydrogen-bond donors (Lipinski definition) is 1. The van der Waals surface area contributed by atoms with Crippen LogP contribution in [0.15, 0.2) is 59.7 Å². The van der Waals surface area contributed by atoms with E-state index >= 15 is 0 Å². The quantitative estimate of drug-likeness (QED) is 0.330. The highest BCUT2D eigenvalue weighted by Gasteiger charge is 2.30. The first-order valence-corrected chi connectivity index (χ1v) is 13.9. The van der Waals surface area contributed by atoms with Crippen molar-refractivity contribution in [2.24, 2.45) is 10.9 Å². The lowest BCUT2D eigenvalue weighted by molar-refractivity contribution is -0.137. The summed E-state index contributed by atoms with van der Waals surface area (Å²) in [6.07, 6.45) is 7.67. The fourth-order valence-electron chi connectivity index (χ4n) is 5.67. The number of benzene rings is 2. The molecule has 2 aromatic rings. The number of hydrogen-bond acceptors (Lipinski definition) is 4. The minimum atomic E-state index is -4.39. The molecule has 6 rings (SSSR count). The van der Waals surface area contributed by atoms with E-state index in [4.69, 9.17) is 9.98 Å². The summed E-state index contributed by atoms with van der Waals surface area (Å²) in [5, 5.41) is 6.08. The highest BCUT2D eigenvalue weighted by Crippen LogP contribution is 2.31. The van der Waals surface area contributed by atoms with Crippen LogP contribution in [-0.4, -0.2) is 20.6 Å². The maximum Gasteiger partial charge on any atom is 0.416 e. The number of pyridine rings is 1. The molecule has 40 heavy (non-hydrogen) atoms. The van der Waals surface area contributed by atoms with Crippen LogP contribution in [0.2, 0.25) is 0 Å². The average Bonchev–Trinajstić information content (AvgIpc) is 2.94. The van der Waals surface area contributed by atoms with Crippen molar-refractivity contribution < 1.29 is 13.2 Å². The molecule has 4 aliphatic rings. The molecule has 1 aromatic heterocycles. The van der Waals surface area contributed by atoms with E-state index in [-0.39, 0.29) is 6.04 Å². The van der Waals surface area contributed by atoms with Gasteiger partial charge in [-0.1, -0.05) is 19.1 Å². The minimum Gasteiger partial charge on any atom is -0.352 e. The van der Waals surface area contributed by atoms with Gasteiger partial charge in [0.1, 0.15) is 0 Å². The van der Waals surface area contributed by atoms with E-state index in [1.807, 2.05) is 35.8 Å². The maximum absolute atomic E-state index is 13.3. The van der Waals surface area contributed by atoms with Gasteiger partial charge in [-0.2, -0.15) is 13.2 Å². The van der Waals surface area contributed by atoms with E-state index in [0.717, 1.165) is 95.2 Å². The van der Waals surface area contributed by atoms with Gasteiger partial charge >= 0.3 is 6.18 Å². The van der Waals surface area contributed by atoms with E-state index in [0.29, 0.717) is 11.6 Å². The van der Waals surface area contributed by atoms with Crippen molar-refractivity contribution in [2.45, 2.75) is 64.6 Å². The zero-order valence-corrected chi connectivity index (χ0v) is 22.7. The molecule has 0 amide bonds. The largest absolute Gasteiger partial charge is 0.416 e. The summed E-state index contributed by atoms with van der Waals surface area (Å²) in [6, 6.07) is 13.5. The molecule has 3 aliphatic carbocycles. The fourth-order valence-corrected chi connectivity index (χ4v) is 5.67. The molecule has 2 heterocycles. The number of halogens is 3. The second-order valence-corrected chi connectivity index (χ2v) is 10.9. The molecule has 1 N–H and O–H groups in total. The molecule has 1 aliphatic heterocycles. The minimum absolute atomic E-state index is 0.217. The first kappa shape index (κ1) is 26.3. The van der Waals surface area contributed by atoms with E-state index in [2.05, 4.69) is 29.4 Å². The summed E-state index contributed by atoms with van der Waals surface area (Å²) in [4.78, 5) is 14.7. The number of aryl methyl sites for hydroxylation is 1. The predicted octanol–water partition coefficient (Wildman–Crippen LogP) is 6.28. The van der Waals surface area contributed by atoms with Crippen LogP contribution in [0.1, 0.15) is 56.7 Å². The number of nitrogens with zero attached hydrogens (tertiary/aromatic N) is 4. The average molecular weight is 544 g/mol. The van der Waals surface area contributed by atoms with Gasteiger partial charge in [0.25, 0.3) is 0 Å². The predicted molar refractivity (Wildman–Crippen MR) is 152 cm³/mol. The Labute approximate surface area is 231 Å². The second kappa shape index (κ2) is 10.6. The van der Waals surface area contributed by atoms with E-state index in [1.165, 1.54) is 12.1 Å². The van der Waals surface area contributed by atoms with Crippen molar-refractivity contribution in [2.75, 3.05) is 5.32 Å². The Morgan fingerprint density at radius 1 is 0.950 bits per heavy atom. The lowest BCUT2D eigenvalue weighted by Crippen LogP contribution is -2.40. The molecule has 1 fully saturated rings. The fraction of sp³-hybridized carbons (Fsp3) is 0.344. The SMILES string of the molecule is Cc1ncccc1Nc1cc2nc3c(n(-c4ccc(C(F)(F)F)cc4)c-2cc1=NC1CCC(C)CC1)=CCCC=3. The molecule has 0 atom stereocenters. The molecule has 8 heteroatoms. The third-order valence-electron chi connectivity index (χ3n) is 7.96. The lowest BCUT2D eigenvalue weighted by Gasteiger charge is -2.24. The van der Waals surface area contributed by atoms with Crippen molar-refractivity contribution in [3.05, 3.63) is 82.0 Å². The van der Waals surface area contributed by atoms with Crippen LogP contribution in [0.5, 0.6) is 0 Å². The third-order valence-corrected chi connectivity index (χ3v) is 7.96. The van der Waals surface area contributed by atoms with E-state index < -0.39 is 11.7 Å².